The van der Waals surface area contributed by atoms with Crippen molar-refractivity contribution in [2.24, 2.45) is 7.05 Å². The molecule has 0 unspecified atom stereocenters. The number of fused-ring (bicyclic) bond motifs is 1. The molecule has 0 spiro atoms. The van der Waals surface area contributed by atoms with Crippen molar-refractivity contribution in [2.75, 3.05) is 26.2 Å². The van der Waals surface area contributed by atoms with Crippen LogP contribution in [0.25, 0.3) is 10.9 Å². The smallest absolute Gasteiger partial charge is 0.270 e. The first kappa shape index (κ1) is 17.7. The van der Waals surface area contributed by atoms with E-state index >= 15 is 0 Å². The van der Waals surface area contributed by atoms with E-state index in [1.54, 1.807) is 10.6 Å². The van der Waals surface area contributed by atoms with Crippen molar-refractivity contribution in [3.8, 4) is 0 Å². The van der Waals surface area contributed by atoms with E-state index in [9.17, 15) is 9.18 Å². The van der Waals surface area contributed by atoms with Crippen molar-refractivity contribution < 1.29 is 9.18 Å². The van der Waals surface area contributed by atoms with Gasteiger partial charge >= 0.3 is 0 Å². The number of benzene rings is 2. The van der Waals surface area contributed by atoms with Crippen LogP contribution in [0.5, 0.6) is 0 Å². The number of hydrogen-bond donors (Lipinski definition) is 0. The molecule has 1 aromatic heterocycles. The fraction of sp³-hybridized carbons (Fsp3) is 0.318. The quantitative estimate of drug-likeness (QED) is 0.710. The number of carbonyl (C=O) groups excluding carboxylic acids is 1. The van der Waals surface area contributed by atoms with E-state index in [0.717, 1.165) is 30.5 Å². The predicted octanol–water partition coefficient (Wildman–Crippen LogP) is 3.58. The molecule has 0 aliphatic carbocycles. The van der Waals surface area contributed by atoms with Crippen LogP contribution in [-0.2, 0) is 13.6 Å². The maximum atomic E-state index is 13.5. The Balaban J connectivity index is 1.44. The zero-order valence-electron chi connectivity index (χ0n) is 15.8. The molecule has 0 N–H and O–H groups in total. The fourth-order valence-electron chi connectivity index (χ4n) is 3.81. The second-order valence-corrected chi connectivity index (χ2v) is 7.29. The van der Waals surface area contributed by atoms with Crippen molar-refractivity contribution in [2.45, 2.75) is 13.5 Å². The number of halogens is 1. The van der Waals surface area contributed by atoms with Crippen LogP contribution < -0.4 is 0 Å². The van der Waals surface area contributed by atoms with Gasteiger partial charge in [0.05, 0.1) is 5.52 Å². The third-order valence-electron chi connectivity index (χ3n) is 5.54. The number of rotatable bonds is 3. The number of hydrogen-bond acceptors (Lipinski definition) is 2. The van der Waals surface area contributed by atoms with Gasteiger partial charge in [0.15, 0.2) is 0 Å². The number of carbonyl (C=O) groups is 1. The van der Waals surface area contributed by atoms with Gasteiger partial charge in [0.1, 0.15) is 11.5 Å². The van der Waals surface area contributed by atoms with Gasteiger partial charge in [-0.3, -0.25) is 9.69 Å². The second kappa shape index (κ2) is 7.16. The molecule has 1 fully saturated rings. The molecule has 0 atom stereocenters. The van der Waals surface area contributed by atoms with Crippen molar-refractivity contribution in [1.29, 1.82) is 0 Å². The van der Waals surface area contributed by atoms with Crippen LogP contribution in [0.1, 0.15) is 21.6 Å². The zero-order chi connectivity index (χ0) is 19.0. The maximum Gasteiger partial charge on any atom is 0.270 e. The lowest BCUT2D eigenvalue weighted by Gasteiger charge is -2.35. The highest BCUT2D eigenvalue weighted by molar-refractivity contribution is 5.98. The van der Waals surface area contributed by atoms with E-state index in [4.69, 9.17) is 0 Å². The van der Waals surface area contributed by atoms with Crippen LogP contribution in [0, 0.1) is 12.7 Å². The average molecular weight is 365 g/mol. The number of piperazine rings is 1. The Morgan fingerprint density at radius 3 is 2.52 bits per heavy atom. The Morgan fingerprint density at radius 1 is 1.04 bits per heavy atom. The van der Waals surface area contributed by atoms with Crippen LogP contribution in [0.2, 0.25) is 0 Å². The maximum absolute atomic E-state index is 13.5. The molecule has 2 aromatic carbocycles. The highest BCUT2D eigenvalue weighted by Crippen LogP contribution is 2.22. The molecule has 1 amide bonds. The zero-order valence-corrected chi connectivity index (χ0v) is 15.8. The summed E-state index contributed by atoms with van der Waals surface area (Å²) in [5, 5.41) is 0.889. The third kappa shape index (κ3) is 3.47. The lowest BCUT2D eigenvalue weighted by Crippen LogP contribution is -2.48. The largest absolute Gasteiger partial charge is 0.340 e. The lowest BCUT2D eigenvalue weighted by molar-refractivity contribution is 0.0619. The van der Waals surface area contributed by atoms with Crippen LogP contribution in [0.15, 0.2) is 48.5 Å². The number of amides is 1. The van der Waals surface area contributed by atoms with E-state index in [-0.39, 0.29) is 11.7 Å². The summed E-state index contributed by atoms with van der Waals surface area (Å²) in [6.07, 6.45) is 0. The van der Waals surface area contributed by atoms with Gasteiger partial charge in [-0.25, -0.2) is 4.39 Å². The van der Waals surface area contributed by atoms with Crippen molar-refractivity contribution in [3.05, 3.63) is 71.2 Å². The number of aryl methyl sites for hydroxylation is 2. The molecule has 27 heavy (non-hydrogen) atoms. The first-order valence-electron chi connectivity index (χ1n) is 9.34. The van der Waals surface area contributed by atoms with Gasteiger partial charge < -0.3 is 9.47 Å². The molecule has 0 saturated carbocycles. The van der Waals surface area contributed by atoms with Crippen molar-refractivity contribution >= 4 is 16.8 Å². The summed E-state index contributed by atoms with van der Waals surface area (Å²) in [7, 11) is 1.82. The summed E-state index contributed by atoms with van der Waals surface area (Å²) < 4.78 is 15.3. The highest BCUT2D eigenvalue weighted by Gasteiger charge is 2.24. The molecule has 0 bridgehead atoms. The predicted molar refractivity (Wildman–Crippen MR) is 105 cm³/mol. The molecule has 2 heterocycles. The SMILES string of the molecule is Cc1ccccc1CN1CCN(C(=O)c2cc3ccc(F)cc3n2C)CC1. The van der Waals surface area contributed by atoms with Gasteiger partial charge in [-0.2, -0.15) is 0 Å². The summed E-state index contributed by atoms with van der Waals surface area (Å²) in [5.74, 6) is -0.267. The third-order valence-corrected chi connectivity index (χ3v) is 5.54. The van der Waals surface area contributed by atoms with Crippen LogP contribution >= 0.6 is 0 Å². The van der Waals surface area contributed by atoms with Gasteiger partial charge in [0.2, 0.25) is 0 Å². The minimum absolute atomic E-state index is 0.0182. The Bertz CT molecular complexity index is 986. The van der Waals surface area contributed by atoms with E-state index in [1.807, 2.05) is 18.0 Å². The molecule has 0 radical (unpaired) electrons. The van der Waals surface area contributed by atoms with Gasteiger partial charge in [0, 0.05) is 45.2 Å². The molecule has 4 rings (SSSR count). The van der Waals surface area contributed by atoms with E-state index < -0.39 is 0 Å². The summed E-state index contributed by atoms with van der Waals surface area (Å²) in [6.45, 7) is 6.19. The Morgan fingerprint density at radius 2 is 1.78 bits per heavy atom. The van der Waals surface area contributed by atoms with E-state index in [0.29, 0.717) is 18.8 Å². The molecule has 1 aliphatic rings. The van der Waals surface area contributed by atoms with E-state index in [2.05, 4.69) is 36.1 Å². The normalized spacial score (nSPS) is 15.4. The average Bonchev–Trinajstić information content (AvgIpc) is 3.00. The van der Waals surface area contributed by atoms with Gasteiger partial charge in [-0.1, -0.05) is 24.3 Å². The van der Waals surface area contributed by atoms with Gasteiger partial charge in [-0.15, -0.1) is 0 Å². The van der Waals surface area contributed by atoms with Gasteiger partial charge in [0.25, 0.3) is 5.91 Å². The van der Waals surface area contributed by atoms with Crippen molar-refractivity contribution in [1.82, 2.24) is 14.4 Å². The topological polar surface area (TPSA) is 28.5 Å². The summed E-state index contributed by atoms with van der Waals surface area (Å²) >= 11 is 0. The molecule has 4 nitrogen and oxygen atoms in total. The monoisotopic (exact) mass is 365 g/mol. The molecular weight excluding hydrogens is 341 g/mol. The second-order valence-electron chi connectivity index (χ2n) is 7.29. The van der Waals surface area contributed by atoms with E-state index in [1.165, 1.54) is 23.3 Å². The molecule has 1 saturated heterocycles. The summed E-state index contributed by atoms with van der Waals surface area (Å²) in [4.78, 5) is 17.3. The molecule has 1 aliphatic heterocycles. The van der Waals surface area contributed by atoms with Crippen molar-refractivity contribution in [3.63, 3.8) is 0 Å². The molecular formula is C22H24FN3O. The molecule has 140 valence electrons. The van der Waals surface area contributed by atoms with Crippen LogP contribution in [0.3, 0.4) is 0 Å². The lowest BCUT2D eigenvalue weighted by atomic mass is 10.1. The van der Waals surface area contributed by atoms with Crippen LogP contribution in [0.4, 0.5) is 4.39 Å². The minimum atomic E-state index is -0.285. The van der Waals surface area contributed by atoms with Crippen LogP contribution in [-0.4, -0.2) is 46.5 Å². The summed E-state index contributed by atoms with van der Waals surface area (Å²) in [6, 6.07) is 14.9. The summed E-state index contributed by atoms with van der Waals surface area (Å²) in [5.41, 5.74) is 4.01. The minimum Gasteiger partial charge on any atom is -0.340 e. The standard InChI is InChI=1S/C22H24FN3O/c1-16-5-3-4-6-18(16)15-25-9-11-26(12-10-25)22(27)21-13-17-7-8-19(23)14-20(17)24(21)2/h3-8,13-14H,9-12,15H2,1-2H3. The Hall–Kier alpha value is -2.66. The Kier molecular flexibility index (Phi) is 4.70. The molecule has 5 heteroatoms. The molecule has 3 aromatic rings. The number of nitrogens with zero attached hydrogens (tertiary/aromatic N) is 3. The fourth-order valence-corrected chi connectivity index (χ4v) is 3.81. The first-order chi connectivity index (χ1) is 13.0. The highest BCUT2D eigenvalue weighted by atomic mass is 19.1. The number of aromatic nitrogens is 1. The Labute approximate surface area is 158 Å². The van der Waals surface area contributed by atoms with Gasteiger partial charge in [-0.05, 0) is 42.3 Å². The first-order valence-corrected chi connectivity index (χ1v) is 9.34.